The van der Waals surface area contributed by atoms with E-state index in [1.54, 1.807) is 6.92 Å². The van der Waals surface area contributed by atoms with Crippen molar-refractivity contribution in [2.24, 2.45) is 0 Å². The molecule has 2 aromatic carbocycles. The van der Waals surface area contributed by atoms with E-state index in [1.807, 2.05) is 0 Å². The molecular weight excluding hydrogens is 674 g/mol. The first-order valence-electron chi connectivity index (χ1n) is 10.7. The predicted octanol–water partition coefficient (Wildman–Crippen LogP) is 7.95. The predicted molar refractivity (Wildman–Crippen MR) is 133 cm³/mol. The number of pyridine rings is 1. The summed E-state index contributed by atoms with van der Waals surface area (Å²) in [4.78, 5) is 30.6. The highest BCUT2D eigenvalue weighted by atomic mass is 79.9. The summed E-state index contributed by atoms with van der Waals surface area (Å²) in [6.07, 6.45) is -10.0. The monoisotopic (exact) mass is 687 g/mol. The Balaban J connectivity index is 1.98. The van der Waals surface area contributed by atoms with Crippen LogP contribution in [0.5, 0.6) is 0 Å². The van der Waals surface area contributed by atoms with Crippen molar-refractivity contribution < 1.29 is 44.7 Å². The van der Waals surface area contributed by atoms with Crippen molar-refractivity contribution in [1.29, 1.82) is 0 Å². The third-order valence-corrected chi connectivity index (χ3v) is 6.69. The van der Waals surface area contributed by atoms with Gasteiger partial charge in [-0.15, -0.1) is 0 Å². The third-order valence-electron chi connectivity index (χ3n) is 5.44. The molecular formula is C24H15Br2F8N3O2. The number of rotatable bonds is 6. The summed E-state index contributed by atoms with van der Waals surface area (Å²) in [5.41, 5.74) is -8.65. The number of carbonyl (C=O) groups is 2. The number of nitrogens with one attached hydrogen (secondary N) is 1. The fraction of sp³-hybridized carbons (Fsp3) is 0.208. The van der Waals surface area contributed by atoms with Gasteiger partial charge in [-0.3, -0.25) is 14.6 Å². The zero-order chi connectivity index (χ0) is 29.3. The van der Waals surface area contributed by atoms with Crippen LogP contribution in [0.15, 0.2) is 63.8 Å². The van der Waals surface area contributed by atoms with Gasteiger partial charge in [0.2, 0.25) is 0 Å². The van der Waals surface area contributed by atoms with Crippen molar-refractivity contribution in [3.05, 3.63) is 86.3 Å². The van der Waals surface area contributed by atoms with Crippen molar-refractivity contribution in [2.75, 3.05) is 16.8 Å². The SMILES string of the molecule is CCN(C(=O)c1cccnc1)c1cccc(C(=O)Nc2c(Br)cc(C(F)(C(F)(F)F)C(F)(F)F)cc2Br)c1F. The lowest BCUT2D eigenvalue weighted by atomic mass is 9.94. The lowest BCUT2D eigenvalue weighted by molar-refractivity contribution is -0.348. The minimum absolute atomic E-state index is 0.00231. The molecule has 15 heteroatoms. The average Bonchev–Trinajstić information content (AvgIpc) is 2.85. The van der Waals surface area contributed by atoms with Gasteiger partial charge in [0, 0.05) is 33.4 Å². The van der Waals surface area contributed by atoms with E-state index in [9.17, 15) is 40.3 Å². The third kappa shape index (κ3) is 5.78. The number of nitrogens with zero attached hydrogens (tertiary/aromatic N) is 2. The molecule has 1 aromatic heterocycles. The van der Waals surface area contributed by atoms with Crippen molar-refractivity contribution in [1.82, 2.24) is 4.98 Å². The van der Waals surface area contributed by atoms with E-state index in [2.05, 4.69) is 42.2 Å². The second kappa shape index (κ2) is 11.2. The smallest absolute Gasteiger partial charge is 0.320 e. The molecule has 208 valence electrons. The van der Waals surface area contributed by atoms with E-state index in [0.717, 1.165) is 11.0 Å². The molecule has 0 atom stereocenters. The second-order valence-corrected chi connectivity index (χ2v) is 9.56. The number of hydrogen-bond donors (Lipinski definition) is 1. The van der Waals surface area contributed by atoms with Gasteiger partial charge in [-0.2, -0.15) is 26.3 Å². The molecule has 0 fully saturated rings. The fourth-order valence-electron chi connectivity index (χ4n) is 3.53. The number of anilines is 2. The molecule has 1 heterocycles. The topological polar surface area (TPSA) is 62.3 Å². The minimum atomic E-state index is -6.35. The Hall–Kier alpha value is -3.07. The summed E-state index contributed by atoms with van der Waals surface area (Å²) < 4.78 is 108. The van der Waals surface area contributed by atoms with E-state index in [4.69, 9.17) is 0 Å². The first kappa shape index (κ1) is 30.5. The highest BCUT2D eigenvalue weighted by Gasteiger charge is 2.73. The molecule has 3 rings (SSSR count). The van der Waals surface area contributed by atoms with Crippen molar-refractivity contribution in [2.45, 2.75) is 24.9 Å². The van der Waals surface area contributed by atoms with Gasteiger partial charge in [0.15, 0.2) is 5.82 Å². The van der Waals surface area contributed by atoms with Crippen LogP contribution in [0.25, 0.3) is 0 Å². The molecule has 39 heavy (non-hydrogen) atoms. The Morgan fingerprint density at radius 3 is 2.03 bits per heavy atom. The average molecular weight is 689 g/mol. The van der Waals surface area contributed by atoms with Gasteiger partial charge in [-0.05, 0) is 75.2 Å². The standard InChI is InChI=1S/C24H15Br2F8N3O2/c1-2-37(21(39)12-5-4-8-35-11-12)17-7-3-6-14(18(17)27)20(38)36-19-15(25)9-13(10-16(19)26)22(28,23(29,30)31)24(32,33)34/h3-11H,2H2,1H3,(H,36,38). The number of amides is 2. The lowest BCUT2D eigenvalue weighted by Gasteiger charge is -2.31. The van der Waals surface area contributed by atoms with E-state index < -0.39 is 61.4 Å². The largest absolute Gasteiger partial charge is 0.435 e. The van der Waals surface area contributed by atoms with Crippen LogP contribution in [0.3, 0.4) is 0 Å². The molecule has 0 spiro atoms. The molecule has 0 saturated carbocycles. The lowest BCUT2D eigenvalue weighted by Crippen LogP contribution is -2.50. The molecule has 0 unspecified atom stereocenters. The summed E-state index contributed by atoms with van der Waals surface area (Å²) in [5, 5.41) is 2.17. The Kier molecular flexibility index (Phi) is 8.75. The summed E-state index contributed by atoms with van der Waals surface area (Å²) >= 11 is 5.48. The summed E-state index contributed by atoms with van der Waals surface area (Å²) in [6.45, 7) is 1.56. The zero-order valence-electron chi connectivity index (χ0n) is 19.4. The Morgan fingerprint density at radius 2 is 1.54 bits per heavy atom. The van der Waals surface area contributed by atoms with Crippen LogP contribution in [0.2, 0.25) is 0 Å². The van der Waals surface area contributed by atoms with Gasteiger partial charge in [0.25, 0.3) is 11.8 Å². The van der Waals surface area contributed by atoms with E-state index in [1.165, 1.54) is 36.7 Å². The zero-order valence-corrected chi connectivity index (χ0v) is 22.6. The molecule has 0 radical (unpaired) electrons. The summed E-state index contributed by atoms with van der Waals surface area (Å²) in [6, 6.07) is 6.92. The first-order valence-corrected chi connectivity index (χ1v) is 12.3. The summed E-state index contributed by atoms with van der Waals surface area (Å²) in [5.74, 6) is -2.91. The van der Waals surface area contributed by atoms with E-state index in [-0.39, 0.29) is 29.9 Å². The number of alkyl halides is 7. The van der Waals surface area contributed by atoms with Gasteiger partial charge in [-0.25, -0.2) is 8.78 Å². The maximum atomic E-state index is 15.4. The van der Waals surface area contributed by atoms with E-state index in [0.29, 0.717) is 0 Å². The van der Waals surface area contributed by atoms with Gasteiger partial charge in [0.05, 0.1) is 22.5 Å². The maximum absolute atomic E-state index is 15.4. The number of benzene rings is 2. The van der Waals surface area contributed by atoms with Crippen LogP contribution in [0, 0.1) is 5.82 Å². The molecule has 1 N–H and O–H groups in total. The quantitative estimate of drug-likeness (QED) is 0.268. The van der Waals surface area contributed by atoms with E-state index >= 15 is 4.39 Å². The first-order chi connectivity index (χ1) is 18.0. The summed E-state index contributed by atoms with van der Waals surface area (Å²) in [7, 11) is 0. The second-order valence-electron chi connectivity index (χ2n) is 7.85. The molecule has 0 aliphatic heterocycles. The molecule has 5 nitrogen and oxygen atoms in total. The molecule has 0 aliphatic rings. The van der Waals surface area contributed by atoms with Crippen molar-refractivity contribution >= 4 is 55.0 Å². The van der Waals surface area contributed by atoms with Crippen LogP contribution in [0.1, 0.15) is 33.2 Å². The number of hydrogen-bond acceptors (Lipinski definition) is 3. The normalized spacial score (nSPS) is 12.3. The molecule has 3 aromatic rings. The van der Waals surface area contributed by atoms with Crippen molar-refractivity contribution in [3.8, 4) is 0 Å². The molecule has 0 aliphatic carbocycles. The number of carbonyl (C=O) groups excluding carboxylic acids is 2. The van der Waals surface area contributed by atoms with Gasteiger partial charge < -0.3 is 10.2 Å². The Morgan fingerprint density at radius 1 is 0.949 bits per heavy atom. The molecule has 0 saturated heterocycles. The van der Waals surface area contributed by atoms with Crippen LogP contribution in [0.4, 0.5) is 46.5 Å². The van der Waals surface area contributed by atoms with Crippen LogP contribution >= 0.6 is 31.9 Å². The van der Waals surface area contributed by atoms with Gasteiger partial charge in [-0.1, -0.05) is 6.07 Å². The number of halogens is 10. The Bertz CT molecular complexity index is 1360. The van der Waals surface area contributed by atoms with Crippen molar-refractivity contribution in [3.63, 3.8) is 0 Å². The van der Waals surface area contributed by atoms with Crippen LogP contribution in [-0.2, 0) is 5.67 Å². The minimum Gasteiger partial charge on any atom is -0.320 e. The maximum Gasteiger partial charge on any atom is 0.435 e. The fourth-order valence-corrected chi connectivity index (χ4v) is 4.92. The van der Waals surface area contributed by atoms with Crippen LogP contribution in [-0.4, -0.2) is 35.7 Å². The molecule has 2 amide bonds. The molecule has 0 bridgehead atoms. The van der Waals surface area contributed by atoms with Gasteiger partial charge >= 0.3 is 18.0 Å². The van der Waals surface area contributed by atoms with Gasteiger partial charge in [0.1, 0.15) is 0 Å². The Labute approximate surface area is 232 Å². The highest BCUT2D eigenvalue weighted by Crippen LogP contribution is 2.54. The highest BCUT2D eigenvalue weighted by molar-refractivity contribution is 9.11. The number of aromatic nitrogens is 1. The van der Waals surface area contributed by atoms with Crippen LogP contribution < -0.4 is 10.2 Å².